The number of benzene rings is 2. The molecule has 2 unspecified atom stereocenters. The molecule has 2 atom stereocenters. The molecule has 0 aliphatic rings. The molecule has 3 N–H and O–H groups in total. The van der Waals surface area contributed by atoms with Crippen LogP contribution >= 0.6 is 27.5 Å². The molecule has 0 saturated heterocycles. The van der Waals surface area contributed by atoms with Crippen LogP contribution in [0.2, 0.25) is 5.02 Å². The molecule has 0 radical (unpaired) electrons. The zero-order valence-electron chi connectivity index (χ0n) is 11.5. The first-order chi connectivity index (χ1) is 9.95. The van der Waals surface area contributed by atoms with Gasteiger partial charge in [0.05, 0.1) is 6.10 Å². The Hall–Kier alpha value is -0.940. The quantitative estimate of drug-likeness (QED) is 0.839. The highest BCUT2D eigenvalue weighted by molar-refractivity contribution is 9.10. The van der Waals surface area contributed by atoms with E-state index in [0.29, 0.717) is 5.56 Å². The van der Waals surface area contributed by atoms with Crippen LogP contribution in [0.3, 0.4) is 0 Å². The van der Waals surface area contributed by atoms with Crippen LogP contribution in [0.25, 0.3) is 0 Å². The van der Waals surface area contributed by atoms with Gasteiger partial charge in [-0.25, -0.2) is 4.39 Å². The third kappa shape index (κ3) is 3.46. The van der Waals surface area contributed by atoms with Gasteiger partial charge in [-0.3, -0.25) is 0 Å². The number of halogens is 3. The fourth-order valence-electron chi connectivity index (χ4n) is 2.29. The standard InChI is InChI=1S/C16H16BrClFNO/c1-9-5-6-10(7-12(9)17)16(21)11(8-20)15-13(18)3-2-4-14(15)19/h2-7,11,16,21H,8,20H2,1H3. The Morgan fingerprint density at radius 1 is 1.33 bits per heavy atom. The van der Waals surface area contributed by atoms with E-state index in [9.17, 15) is 9.50 Å². The van der Waals surface area contributed by atoms with Crippen molar-refractivity contribution in [1.82, 2.24) is 0 Å². The van der Waals surface area contributed by atoms with E-state index in [-0.39, 0.29) is 17.1 Å². The molecule has 2 aromatic rings. The first-order valence-electron chi connectivity index (χ1n) is 6.53. The summed E-state index contributed by atoms with van der Waals surface area (Å²) in [5, 5.41) is 10.8. The molecule has 0 aromatic heterocycles. The smallest absolute Gasteiger partial charge is 0.128 e. The zero-order valence-corrected chi connectivity index (χ0v) is 13.8. The summed E-state index contributed by atoms with van der Waals surface area (Å²) in [5.74, 6) is -1.06. The van der Waals surface area contributed by atoms with Gasteiger partial charge < -0.3 is 10.8 Å². The molecular weight excluding hydrogens is 357 g/mol. The summed E-state index contributed by atoms with van der Waals surface area (Å²) >= 11 is 9.50. The van der Waals surface area contributed by atoms with E-state index in [1.54, 1.807) is 6.07 Å². The first-order valence-corrected chi connectivity index (χ1v) is 7.71. The van der Waals surface area contributed by atoms with Crippen LogP contribution < -0.4 is 5.73 Å². The Kier molecular flexibility index (Phi) is 5.38. The van der Waals surface area contributed by atoms with Crippen LogP contribution in [0.4, 0.5) is 4.39 Å². The molecule has 0 spiro atoms. The predicted octanol–water partition coefficient (Wildman–Crippen LogP) is 4.33. The van der Waals surface area contributed by atoms with Crippen molar-refractivity contribution >= 4 is 27.5 Å². The number of hydrogen-bond acceptors (Lipinski definition) is 2. The molecule has 0 bridgehead atoms. The van der Waals surface area contributed by atoms with Crippen LogP contribution in [-0.2, 0) is 0 Å². The van der Waals surface area contributed by atoms with E-state index in [1.165, 1.54) is 12.1 Å². The number of aliphatic hydroxyl groups is 1. The molecule has 0 heterocycles. The SMILES string of the molecule is Cc1ccc(C(O)C(CN)c2c(F)cccc2Cl)cc1Br. The largest absolute Gasteiger partial charge is 0.388 e. The van der Waals surface area contributed by atoms with Crippen molar-refractivity contribution in [2.75, 3.05) is 6.54 Å². The molecule has 21 heavy (non-hydrogen) atoms. The second-order valence-electron chi connectivity index (χ2n) is 4.93. The van der Waals surface area contributed by atoms with Gasteiger partial charge in [0.15, 0.2) is 0 Å². The third-order valence-corrected chi connectivity index (χ3v) is 4.73. The van der Waals surface area contributed by atoms with Gasteiger partial charge in [0.1, 0.15) is 5.82 Å². The van der Waals surface area contributed by atoms with E-state index >= 15 is 0 Å². The Morgan fingerprint density at radius 3 is 2.62 bits per heavy atom. The summed E-state index contributed by atoms with van der Waals surface area (Å²) < 4.78 is 14.9. The lowest BCUT2D eigenvalue weighted by Gasteiger charge is -2.24. The van der Waals surface area contributed by atoms with Crippen molar-refractivity contribution in [3.8, 4) is 0 Å². The Balaban J connectivity index is 2.43. The van der Waals surface area contributed by atoms with Crippen molar-refractivity contribution in [1.29, 1.82) is 0 Å². The maximum atomic E-state index is 14.0. The molecular formula is C16H16BrClFNO. The third-order valence-electron chi connectivity index (χ3n) is 3.54. The molecule has 112 valence electrons. The monoisotopic (exact) mass is 371 g/mol. The highest BCUT2D eigenvalue weighted by Gasteiger charge is 2.26. The molecule has 5 heteroatoms. The van der Waals surface area contributed by atoms with Crippen molar-refractivity contribution in [3.63, 3.8) is 0 Å². The highest BCUT2D eigenvalue weighted by atomic mass is 79.9. The number of aryl methyl sites for hydroxylation is 1. The van der Waals surface area contributed by atoms with Gasteiger partial charge in [-0.05, 0) is 36.2 Å². The second-order valence-corrected chi connectivity index (χ2v) is 6.19. The number of aliphatic hydroxyl groups excluding tert-OH is 1. The van der Waals surface area contributed by atoms with Gasteiger partial charge in [0.25, 0.3) is 0 Å². The summed E-state index contributed by atoms with van der Waals surface area (Å²) in [4.78, 5) is 0. The number of nitrogens with two attached hydrogens (primary N) is 1. The molecule has 0 aliphatic heterocycles. The van der Waals surface area contributed by atoms with Gasteiger partial charge in [-0.1, -0.05) is 45.7 Å². The van der Waals surface area contributed by atoms with Crippen molar-refractivity contribution < 1.29 is 9.50 Å². The van der Waals surface area contributed by atoms with Crippen LogP contribution in [0.5, 0.6) is 0 Å². The Bertz CT molecular complexity index is 630. The van der Waals surface area contributed by atoms with E-state index in [4.69, 9.17) is 17.3 Å². The molecule has 2 nitrogen and oxygen atoms in total. The van der Waals surface area contributed by atoms with E-state index < -0.39 is 17.8 Å². The van der Waals surface area contributed by atoms with Gasteiger partial charge in [0, 0.05) is 27.5 Å². The van der Waals surface area contributed by atoms with Crippen molar-refractivity contribution in [2.45, 2.75) is 18.9 Å². The molecule has 2 rings (SSSR count). The minimum atomic E-state index is -0.929. The fraction of sp³-hybridized carbons (Fsp3) is 0.250. The van der Waals surface area contributed by atoms with Crippen molar-refractivity contribution in [2.24, 2.45) is 5.73 Å². The maximum Gasteiger partial charge on any atom is 0.128 e. The summed E-state index contributed by atoms with van der Waals surface area (Å²) in [6.45, 7) is 2.04. The molecule has 2 aromatic carbocycles. The van der Waals surface area contributed by atoms with Gasteiger partial charge in [-0.15, -0.1) is 0 Å². The second kappa shape index (κ2) is 6.88. The lowest BCUT2D eigenvalue weighted by atomic mass is 9.88. The number of rotatable bonds is 4. The van der Waals surface area contributed by atoms with Crippen LogP contribution in [0.1, 0.15) is 28.7 Å². The van der Waals surface area contributed by atoms with Crippen LogP contribution in [-0.4, -0.2) is 11.7 Å². The average molecular weight is 373 g/mol. The summed E-state index contributed by atoms with van der Waals surface area (Å²) in [6.07, 6.45) is -0.929. The Labute approximate surface area is 136 Å². The molecule has 0 saturated carbocycles. The average Bonchev–Trinajstić information content (AvgIpc) is 2.45. The van der Waals surface area contributed by atoms with Gasteiger partial charge >= 0.3 is 0 Å². The normalized spacial score (nSPS) is 14.0. The molecule has 0 amide bonds. The lowest BCUT2D eigenvalue weighted by molar-refractivity contribution is 0.145. The summed E-state index contributed by atoms with van der Waals surface area (Å²) in [7, 11) is 0. The predicted molar refractivity (Wildman–Crippen MR) is 87.0 cm³/mol. The lowest BCUT2D eigenvalue weighted by Crippen LogP contribution is -2.21. The van der Waals surface area contributed by atoms with Crippen LogP contribution in [0, 0.1) is 12.7 Å². The van der Waals surface area contributed by atoms with E-state index in [2.05, 4.69) is 15.9 Å². The van der Waals surface area contributed by atoms with Gasteiger partial charge in [0.2, 0.25) is 0 Å². The van der Waals surface area contributed by atoms with Crippen LogP contribution in [0.15, 0.2) is 40.9 Å². The minimum Gasteiger partial charge on any atom is -0.388 e. The molecule has 0 aliphatic carbocycles. The minimum absolute atomic E-state index is 0.0906. The first kappa shape index (κ1) is 16.4. The molecule has 0 fully saturated rings. The van der Waals surface area contributed by atoms with E-state index in [1.807, 2.05) is 25.1 Å². The summed E-state index contributed by atoms with van der Waals surface area (Å²) in [5.41, 5.74) is 7.73. The van der Waals surface area contributed by atoms with Crippen molar-refractivity contribution in [3.05, 3.63) is 68.4 Å². The summed E-state index contributed by atoms with van der Waals surface area (Å²) in [6, 6.07) is 9.96. The zero-order chi connectivity index (χ0) is 15.6. The highest BCUT2D eigenvalue weighted by Crippen LogP contribution is 2.36. The fourth-order valence-corrected chi connectivity index (χ4v) is 2.99. The van der Waals surface area contributed by atoms with E-state index in [0.717, 1.165) is 10.0 Å². The van der Waals surface area contributed by atoms with Gasteiger partial charge in [-0.2, -0.15) is 0 Å². The maximum absolute atomic E-state index is 14.0. The Morgan fingerprint density at radius 2 is 2.05 bits per heavy atom. The topological polar surface area (TPSA) is 46.2 Å². The number of hydrogen-bond donors (Lipinski definition) is 2.